The maximum absolute atomic E-state index is 14.8. The number of nitrogens with two attached hydrogens (primary N) is 1. The molecule has 12 heteroatoms. The molecular weight excluding hydrogens is 528 g/mol. The van der Waals surface area contributed by atoms with Crippen LogP contribution in [0.25, 0.3) is 28.3 Å². The average molecular weight is 560 g/mol. The Morgan fingerprint density at radius 3 is 2.72 bits per heavy atom. The number of benzene rings is 1. The zero-order valence-corrected chi connectivity index (χ0v) is 22.5. The molecule has 39 heavy (non-hydrogen) atoms. The molecule has 0 bridgehead atoms. The summed E-state index contributed by atoms with van der Waals surface area (Å²) >= 11 is 0. The highest BCUT2D eigenvalue weighted by Crippen LogP contribution is 2.32. The van der Waals surface area contributed by atoms with Gasteiger partial charge in [0.25, 0.3) is 0 Å². The molecule has 0 saturated carbocycles. The first-order chi connectivity index (χ1) is 18.6. The van der Waals surface area contributed by atoms with Crippen molar-refractivity contribution in [3.63, 3.8) is 0 Å². The summed E-state index contributed by atoms with van der Waals surface area (Å²) in [5.41, 5.74) is 8.52. The van der Waals surface area contributed by atoms with E-state index < -0.39 is 32.8 Å². The van der Waals surface area contributed by atoms with Crippen LogP contribution in [0.4, 0.5) is 14.6 Å². The number of aliphatic hydroxyl groups excluding tert-OH is 1. The molecule has 9 nitrogen and oxygen atoms in total. The Bertz CT molecular complexity index is 1490. The van der Waals surface area contributed by atoms with E-state index in [2.05, 4.69) is 20.4 Å². The van der Waals surface area contributed by atoms with E-state index in [1.165, 1.54) is 18.3 Å². The van der Waals surface area contributed by atoms with Crippen LogP contribution in [0, 0.1) is 5.82 Å². The van der Waals surface area contributed by atoms with Gasteiger partial charge in [0.1, 0.15) is 18.2 Å². The van der Waals surface area contributed by atoms with Crippen LogP contribution in [0.2, 0.25) is 0 Å². The van der Waals surface area contributed by atoms with Gasteiger partial charge in [0.2, 0.25) is 0 Å². The Kier molecular flexibility index (Phi) is 8.88. The second kappa shape index (κ2) is 12.1. The first-order valence-corrected chi connectivity index (χ1v) is 14.1. The number of allylic oxidation sites excluding steroid dienone is 3. The number of aliphatic hydroxyl groups is 1. The van der Waals surface area contributed by atoms with E-state index in [0.717, 1.165) is 0 Å². The van der Waals surface area contributed by atoms with E-state index in [-0.39, 0.29) is 54.0 Å². The highest BCUT2D eigenvalue weighted by Gasteiger charge is 2.30. The van der Waals surface area contributed by atoms with Gasteiger partial charge in [0, 0.05) is 30.8 Å². The summed E-state index contributed by atoms with van der Waals surface area (Å²) in [6, 6.07) is 5.84. The zero-order valence-electron chi connectivity index (χ0n) is 21.6. The number of nitrogen functional groups attached to an aromatic ring is 1. The fourth-order valence-electron chi connectivity index (χ4n) is 4.13. The van der Waals surface area contributed by atoms with Crippen LogP contribution in [0.15, 0.2) is 53.2 Å². The minimum Gasteiger partial charge on any atom is -0.396 e. The van der Waals surface area contributed by atoms with Crippen molar-refractivity contribution in [2.75, 3.05) is 19.0 Å². The molecule has 1 aliphatic carbocycles. The van der Waals surface area contributed by atoms with Crippen molar-refractivity contribution in [1.29, 1.82) is 0 Å². The molecule has 208 valence electrons. The van der Waals surface area contributed by atoms with Gasteiger partial charge in [0.05, 0.1) is 22.4 Å². The van der Waals surface area contributed by atoms with Crippen LogP contribution in [0.3, 0.4) is 0 Å². The molecule has 2 aromatic heterocycles. The molecular formula is C27H31F2N5O4S. The highest BCUT2D eigenvalue weighted by atomic mass is 32.2. The Balaban J connectivity index is 1.53. The summed E-state index contributed by atoms with van der Waals surface area (Å²) in [6.45, 7) is 2.91. The van der Waals surface area contributed by atoms with Gasteiger partial charge in [-0.05, 0) is 50.0 Å². The molecule has 1 aliphatic rings. The first-order valence-electron chi connectivity index (χ1n) is 12.5. The Morgan fingerprint density at radius 1 is 1.26 bits per heavy atom. The lowest BCUT2D eigenvalue weighted by Gasteiger charge is -2.20. The van der Waals surface area contributed by atoms with Crippen LogP contribution < -0.4 is 11.1 Å². The van der Waals surface area contributed by atoms with E-state index in [1.807, 2.05) is 0 Å². The molecule has 0 spiro atoms. The van der Waals surface area contributed by atoms with Crippen LogP contribution in [0.1, 0.15) is 37.9 Å². The summed E-state index contributed by atoms with van der Waals surface area (Å²) < 4.78 is 58.4. The Labute approximate surface area is 225 Å². The predicted molar refractivity (Wildman–Crippen MR) is 145 cm³/mol. The molecule has 4 N–H and O–H groups in total. The van der Waals surface area contributed by atoms with Gasteiger partial charge in [-0.2, -0.15) is 0 Å². The number of nitrogens with one attached hydrogen (secondary N) is 1. The van der Waals surface area contributed by atoms with E-state index in [4.69, 9.17) is 15.4 Å². The lowest BCUT2D eigenvalue weighted by atomic mass is 10.0. The molecule has 2 heterocycles. The lowest BCUT2D eigenvalue weighted by Crippen LogP contribution is -2.30. The number of hydrogen-bond acceptors (Lipinski definition) is 9. The van der Waals surface area contributed by atoms with Gasteiger partial charge in [0.15, 0.2) is 27.1 Å². The average Bonchev–Trinajstić information content (AvgIpc) is 3.42. The smallest absolute Gasteiger partial charge is 0.189 e. The summed E-state index contributed by atoms with van der Waals surface area (Å²) in [6.07, 6.45) is 6.97. The van der Waals surface area contributed by atoms with E-state index >= 15 is 0 Å². The number of alkyl halides is 1. The Morgan fingerprint density at radius 2 is 2.05 bits per heavy atom. The van der Waals surface area contributed by atoms with Crippen molar-refractivity contribution >= 4 is 21.2 Å². The standard InChI is InChI=1S/C27H31F2N5O4S/c1-16(13-28)31-14-18-3-8-21(22(29)11-18)23-12-25(38-34-23)26-27(30)32-15-24(33-26)19-4-6-20(7-5-19)39(36,37)17(2)9-10-35/h3-6,8,11-12,15-17,20,31,35H,7,9-10,13-14H2,1-2H3,(H2,30,32). The van der Waals surface area contributed by atoms with Gasteiger partial charge in [-0.15, -0.1) is 0 Å². The molecule has 0 radical (unpaired) electrons. The second-order valence-electron chi connectivity index (χ2n) is 9.52. The second-order valence-corrected chi connectivity index (χ2v) is 12.1. The van der Waals surface area contributed by atoms with E-state index in [1.54, 1.807) is 44.2 Å². The first kappa shape index (κ1) is 28.5. The largest absolute Gasteiger partial charge is 0.396 e. The third-order valence-electron chi connectivity index (χ3n) is 6.61. The third-order valence-corrected chi connectivity index (χ3v) is 9.17. The van der Waals surface area contributed by atoms with Gasteiger partial charge in [-0.25, -0.2) is 27.2 Å². The molecule has 0 saturated heterocycles. The molecule has 0 fully saturated rings. The van der Waals surface area contributed by atoms with Gasteiger partial charge >= 0.3 is 0 Å². The maximum atomic E-state index is 14.8. The summed E-state index contributed by atoms with van der Waals surface area (Å²) in [5.74, 6) is -0.230. The monoisotopic (exact) mass is 559 g/mol. The molecule has 3 unspecified atom stereocenters. The topological polar surface area (TPSA) is 144 Å². The highest BCUT2D eigenvalue weighted by molar-refractivity contribution is 7.92. The quantitative estimate of drug-likeness (QED) is 0.319. The SMILES string of the molecule is CC(CF)NCc1ccc(-c2cc(-c3nc(C4=CCC(S(=O)(=O)C(C)CCO)C=C4)cnc3N)on2)c(F)c1. The maximum Gasteiger partial charge on any atom is 0.189 e. The van der Waals surface area contributed by atoms with Crippen LogP contribution in [-0.2, 0) is 16.4 Å². The molecule has 3 aromatic rings. The lowest BCUT2D eigenvalue weighted by molar-refractivity contribution is 0.287. The predicted octanol–water partition coefficient (Wildman–Crippen LogP) is 3.87. The normalized spacial score (nSPS) is 17.2. The van der Waals surface area contributed by atoms with Gasteiger partial charge < -0.3 is 20.7 Å². The van der Waals surface area contributed by atoms with Crippen molar-refractivity contribution in [3.8, 4) is 22.7 Å². The summed E-state index contributed by atoms with van der Waals surface area (Å²) in [7, 11) is -3.45. The van der Waals surface area contributed by atoms with Crippen molar-refractivity contribution in [2.45, 2.75) is 49.8 Å². The van der Waals surface area contributed by atoms with Gasteiger partial charge in [-0.1, -0.05) is 29.5 Å². The fourth-order valence-corrected chi connectivity index (χ4v) is 5.83. The van der Waals surface area contributed by atoms with Crippen molar-refractivity contribution in [1.82, 2.24) is 20.4 Å². The zero-order chi connectivity index (χ0) is 28.2. The summed E-state index contributed by atoms with van der Waals surface area (Å²) in [4.78, 5) is 8.76. The number of anilines is 1. The number of halogens is 2. The Hall–Kier alpha value is -3.48. The minimum absolute atomic E-state index is 0.0870. The fraction of sp³-hybridized carbons (Fsp3) is 0.370. The minimum atomic E-state index is -3.45. The number of sulfone groups is 1. The number of nitrogens with zero attached hydrogens (tertiary/aromatic N) is 3. The van der Waals surface area contributed by atoms with Crippen LogP contribution in [-0.4, -0.2) is 58.5 Å². The number of hydrogen-bond donors (Lipinski definition) is 3. The molecule has 0 aliphatic heterocycles. The van der Waals surface area contributed by atoms with Crippen LogP contribution >= 0.6 is 0 Å². The number of rotatable bonds is 11. The molecule has 3 atom stereocenters. The van der Waals surface area contributed by atoms with Crippen molar-refractivity contribution in [3.05, 3.63) is 65.8 Å². The van der Waals surface area contributed by atoms with Crippen LogP contribution in [0.5, 0.6) is 0 Å². The summed E-state index contributed by atoms with van der Waals surface area (Å²) in [5, 5.41) is 14.7. The molecule has 4 rings (SSSR count). The third kappa shape index (κ3) is 6.40. The molecule has 0 amide bonds. The molecule has 1 aromatic carbocycles. The van der Waals surface area contributed by atoms with Crippen molar-refractivity contribution in [2.24, 2.45) is 0 Å². The van der Waals surface area contributed by atoms with E-state index in [0.29, 0.717) is 23.4 Å². The van der Waals surface area contributed by atoms with E-state index in [9.17, 15) is 17.2 Å². The number of aromatic nitrogens is 3. The van der Waals surface area contributed by atoms with Crippen molar-refractivity contribution < 1.29 is 26.8 Å². The van der Waals surface area contributed by atoms with Gasteiger partial charge in [-0.3, -0.25) is 0 Å².